The molecule has 1 aliphatic carbocycles. The molecular weight excluding hydrogens is 236 g/mol. The van der Waals surface area contributed by atoms with Crippen molar-refractivity contribution in [2.24, 2.45) is 0 Å². The van der Waals surface area contributed by atoms with E-state index in [2.05, 4.69) is 0 Å². The zero-order valence-corrected chi connectivity index (χ0v) is 9.37. The molecule has 1 aliphatic rings. The Morgan fingerprint density at radius 3 is 2.50 bits per heavy atom. The summed E-state index contributed by atoms with van der Waals surface area (Å²) in [4.78, 5) is 12.0. The first-order valence-electron chi connectivity index (χ1n) is 5.30. The van der Waals surface area contributed by atoms with Gasteiger partial charge < -0.3 is 20.4 Å². The van der Waals surface area contributed by atoms with Gasteiger partial charge in [-0.15, -0.1) is 0 Å². The quantitative estimate of drug-likeness (QED) is 0.459. The van der Waals surface area contributed by atoms with Gasteiger partial charge in [0.2, 0.25) is 0 Å². The second kappa shape index (κ2) is 4.29. The lowest BCUT2D eigenvalue weighted by Crippen LogP contribution is -2.26. The molecule has 1 aromatic carbocycles. The van der Waals surface area contributed by atoms with Crippen LogP contribution in [0.25, 0.3) is 0 Å². The lowest BCUT2D eigenvalue weighted by atomic mass is 9.95. The number of ketones is 1. The minimum Gasteiger partial charge on any atom is -0.508 e. The third-order valence-corrected chi connectivity index (χ3v) is 2.64. The van der Waals surface area contributed by atoms with Gasteiger partial charge in [-0.25, -0.2) is 0 Å². The van der Waals surface area contributed by atoms with Crippen LogP contribution in [0.15, 0.2) is 42.0 Å². The fourth-order valence-corrected chi connectivity index (χ4v) is 1.66. The van der Waals surface area contributed by atoms with Gasteiger partial charge in [-0.2, -0.15) is 0 Å². The van der Waals surface area contributed by atoms with Crippen molar-refractivity contribution in [2.75, 3.05) is 0 Å². The number of hydrogen-bond acceptors (Lipinski definition) is 5. The second-order valence-corrected chi connectivity index (χ2v) is 4.11. The highest BCUT2D eigenvalue weighted by molar-refractivity contribution is 6.12. The molecule has 5 nitrogen and oxygen atoms in total. The van der Waals surface area contributed by atoms with E-state index >= 15 is 0 Å². The van der Waals surface area contributed by atoms with E-state index in [0.717, 1.165) is 12.1 Å². The summed E-state index contributed by atoms with van der Waals surface area (Å²) in [5, 5.41) is 37.2. The molecule has 0 spiro atoms. The van der Waals surface area contributed by atoms with Crippen LogP contribution < -0.4 is 0 Å². The van der Waals surface area contributed by atoms with Crippen molar-refractivity contribution in [1.82, 2.24) is 0 Å². The van der Waals surface area contributed by atoms with E-state index in [0.29, 0.717) is 0 Å². The highest BCUT2D eigenvalue weighted by Crippen LogP contribution is 2.27. The Morgan fingerprint density at radius 2 is 1.94 bits per heavy atom. The van der Waals surface area contributed by atoms with Crippen LogP contribution >= 0.6 is 0 Å². The molecule has 0 bridgehead atoms. The summed E-state index contributed by atoms with van der Waals surface area (Å²) in [5.41, 5.74) is 0.307. The topological polar surface area (TPSA) is 98.0 Å². The van der Waals surface area contributed by atoms with E-state index in [1.54, 1.807) is 0 Å². The Balaban J connectivity index is 2.28. The fraction of sp³-hybridized carbons (Fsp3) is 0.154. The Morgan fingerprint density at radius 1 is 1.22 bits per heavy atom. The number of phenolic OH excluding ortho intramolecular Hbond substituents is 2. The number of aliphatic hydroxyl groups is 2. The molecule has 4 N–H and O–H groups in total. The van der Waals surface area contributed by atoms with Gasteiger partial charge in [0, 0.05) is 18.1 Å². The maximum absolute atomic E-state index is 12.0. The molecule has 0 radical (unpaired) electrons. The molecule has 0 heterocycles. The highest BCUT2D eigenvalue weighted by atomic mass is 16.5. The Hall–Kier alpha value is -2.11. The average molecular weight is 248 g/mol. The van der Waals surface area contributed by atoms with Crippen LogP contribution in [0, 0.1) is 0 Å². The van der Waals surface area contributed by atoms with Gasteiger partial charge >= 0.3 is 0 Å². The van der Waals surface area contributed by atoms with Crippen LogP contribution in [0.2, 0.25) is 0 Å². The lowest BCUT2D eigenvalue weighted by Gasteiger charge is -2.19. The average Bonchev–Trinajstić information content (AvgIpc) is 2.28. The summed E-state index contributed by atoms with van der Waals surface area (Å²) in [6.07, 6.45) is 3.69. The smallest absolute Gasteiger partial charge is 0.196 e. The minimum atomic E-state index is -1.93. The van der Waals surface area contributed by atoms with Crippen molar-refractivity contribution in [3.63, 3.8) is 0 Å². The van der Waals surface area contributed by atoms with E-state index in [4.69, 9.17) is 5.11 Å². The van der Waals surface area contributed by atoms with Gasteiger partial charge in [-0.3, -0.25) is 4.79 Å². The number of hydrogen-bond donors (Lipinski definition) is 4. The molecule has 0 aliphatic heterocycles. The van der Waals surface area contributed by atoms with Gasteiger partial charge in [-0.05, 0) is 18.2 Å². The molecule has 0 fully saturated rings. The van der Waals surface area contributed by atoms with Crippen LogP contribution in [0.4, 0.5) is 0 Å². The van der Waals surface area contributed by atoms with E-state index in [1.807, 2.05) is 0 Å². The first-order valence-corrected chi connectivity index (χ1v) is 5.30. The molecule has 0 atom stereocenters. The monoisotopic (exact) mass is 248 g/mol. The fourth-order valence-electron chi connectivity index (χ4n) is 1.66. The largest absolute Gasteiger partial charge is 0.508 e. The number of phenols is 2. The highest BCUT2D eigenvalue weighted by Gasteiger charge is 2.24. The van der Waals surface area contributed by atoms with Crippen LogP contribution in [0.1, 0.15) is 16.8 Å². The number of carbonyl (C=O) groups is 1. The van der Waals surface area contributed by atoms with Crippen molar-refractivity contribution in [3.05, 3.63) is 47.6 Å². The van der Waals surface area contributed by atoms with E-state index < -0.39 is 11.6 Å². The van der Waals surface area contributed by atoms with E-state index in [9.17, 15) is 20.1 Å². The van der Waals surface area contributed by atoms with Crippen molar-refractivity contribution in [1.29, 1.82) is 0 Å². The third kappa shape index (κ3) is 2.42. The van der Waals surface area contributed by atoms with Gasteiger partial charge in [0.15, 0.2) is 11.6 Å². The first-order chi connectivity index (χ1) is 8.39. The number of benzene rings is 1. The van der Waals surface area contributed by atoms with Crippen molar-refractivity contribution in [3.8, 4) is 11.5 Å². The predicted octanol–water partition coefficient (Wildman–Crippen LogP) is 0.848. The van der Waals surface area contributed by atoms with E-state index in [-0.39, 0.29) is 29.1 Å². The predicted molar refractivity (Wildman–Crippen MR) is 63.1 cm³/mol. The second-order valence-electron chi connectivity index (χ2n) is 4.11. The number of rotatable bonds is 2. The van der Waals surface area contributed by atoms with Crippen LogP contribution in [0.5, 0.6) is 11.5 Å². The summed E-state index contributed by atoms with van der Waals surface area (Å²) >= 11 is 0. The summed E-state index contributed by atoms with van der Waals surface area (Å²) < 4.78 is 0. The van der Waals surface area contributed by atoms with Gasteiger partial charge in [-0.1, -0.05) is 12.2 Å². The zero-order valence-electron chi connectivity index (χ0n) is 9.37. The normalized spacial score (nSPS) is 17.3. The van der Waals surface area contributed by atoms with Crippen LogP contribution in [-0.2, 0) is 0 Å². The van der Waals surface area contributed by atoms with Crippen LogP contribution in [0.3, 0.4) is 0 Å². The Kier molecular flexibility index (Phi) is 2.94. The zero-order chi connectivity index (χ0) is 13.3. The molecule has 0 saturated heterocycles. The molecule has 0 aromatic heterocycles. The van der Waals surface area contributed by atoms with Gasteiger partial charge in [0.25, 0.3) is 0 Å². The van der Waals surface area contributed by atoms with Crippen LogP contribution in [-0.4, -0.2) is 32.0 Å². The molecule has 0 unspecified atom stereocenters. The summed E-state index contributed by atoms with van der Waals surface area (Å²) in [6, 6.07) is 3.67. The molecule has 18 heavy (non-hydrogen) atoms. The molecule has 2 rings (SSSR count). The third-order valence-electron chi connectivity index (χ3n) is 2.64. The number of aromatic hydroxyl groups is 2. The molecule has 1 aromatic rings. The maximum atomic E-state index is 12.0. The van der Waals surface area contributed by atoms with Crippen molar-refractivity contribution >= 4 is 5.78 Å². The maximum Gasteiger partial charge on any atom is 0.196 e. The SMILES string of the molecule is O=C(C1=CCC(O)(O)C=C1)c1ccc(O)cc1O. The number of allylic oxidation sites excluding steroid dienone is 2. The minimum absolute atomic E-state index is 0.0482. The van der Waals surface area contributed by atoms with E-state index in [1.165, 1.54) is 24.3 Å². The number of carbonyl (C=O) groups excluding carboxylic acids is 1. The molecule has 94 valence electrons. The molecule has 5 heteroatoms. The Labute approximate surface area is 103 Å². The van der Waals surface area contributed by atoms with Gasteiger partial charge in [0.1, 0.15) is 11.5 Å². The van der Waals surface area contributed by atoms with Gasteiger partial charge in [0.05, 0.1) is 5.56 Å². The lowest BCUT2D eigenvalue weighted by molar-refractivity contribution is -0.115. The van der Waals surface area contributed by atoms with Crippen molar-refractivity contribution < 1.29 is 25.2 Å². The standard InChI is InChI=1S/C13H12O5/c14-9-1-2-10(11(15)7-9)12(16)8-3-5-13(17,18)6-4-8/h1-5,7,14-15,17-18H,6H2. The molecular formula is C13H12O5. The Bertz CT molecular complexity index is 555. The molecule has 0 amide bonds. The summed E-state index contributed by atoms with van der Waals surface area (Å²) in [6.45, 7) is 0. The summed E-state index contributed by atoms with van der Waals surface area (Å²) in [5.74, 6) is -2.83. The molecule has 0 saturated carbocycles. The summed E-state index contributed by atoms with van der Waals surface area (Å²) in [7, 11) is 0. The van der Waals surface area contributed by atoms with Crippen molar-refractivity contribution in [2.45, 2.75) is 12.2 Å². The number of Topliss-reactive ketones (excluding diaryl/α,β-unsaturated/α-hetero) is 1. The first kappa shape index (κ1) is 12.3.